The molecule has 1 unspecified atom stereocenters. The molecule has 1 aliphatic heterocycles. The molecule has 0 spiro atoms. The zero-order valence-corrected chi connectivity index (χ0v) is 12.1. The van der Waals surface area contributed by atoms with E-state index in [-0.39, 0.29) is 17.4 Å². The van der Waals surface area contributed by atoms with Gasteiger partial charge in [0.25, 0.3) is 0 Å². The summed E-state index contributed by atoms with van der Waals surface area (Å²) in [5.41, 5.74) is -0.152. The summed E-state index contributed by atoms with van der Waals surface area (Å²) in [5.74, 6) is 0.231. The molecule has 0 aromatic heterocycles. The van der Waals surface area contributed by atoms with Crippen LogP contribution in [-0.4, -0.2) is 38.8 Å². The van der Waals surface area contributed by atoms with Crippen LogP contribution in [-0.2, 0) is 9.53 Å². The van der Waals surface area contributed by atoms with Crippen LogP contribution in [0.2, 0.25) is 0 Å². The average molecular weight is 256 g/mol. The number of methoxy groups -OCH3 is 1. The smallest absolute Gasteiger partial charge is 0.226 e. The van der Waals surface area contributed by atoms with Gasteiger partial charge in [0.2, 0.25) is 5.91 Å². The SMILES string of the molecule is CCCC1(C(=O)NC(CC)COC)CCNCC1. The summed E-state index contributed by atoms with van der Waals surface area (Å²) >= 11 is 0. The van der Waals surface area contributed by atoms with Gasteiger partial charge in [0, 0.05) is 7.11 Å². The molecule has 18 heavy (non-hydrogen) atoms. The molecule has 1 aliphatic rings. The standard InChI is InChI=1S/C14H28N2O2/c1-4-6-14(7-9-15-10-8-14)13(17)16-12(5-2)11-18-3/h12,15H,4-11H2,1-3H3,(H,16,17). The van der Waals surface area contributed by atoms with Crippen LogP contribution in [0.15, 0.2) is 0 Å². The highest BCUT2D eigenvalue weighted by atomic mass is 16.5. The van der Waals surface area contributed by atoms with Gasteiger partial charge in [-0.1, -0.05) is 20.3 Å². The fourth-order valence-electron chi connectivity index (χ4n) is 2.78. The van der Waals surface area contributed by atoms with Gasteiger partial charge in [-0.15, -0.1) is 0 Å². The monoisotopic (exact) mass is 256 g/mol. The van der Waals surface area contributed by atoms with Crippen LogP contribution in [0.25, 0.3) is 0 Å². The van der Waals surface area contributed by atoms with E-state index in [4.69, 9.17) is 4.74 Å². The zero-order chi connectivity index (χ0) is 13.4. The second-order valence-corrected chi connectivity index (χ2v) is 5.31. The maximum absolute atomic E-state index is 12.6. The molecule has 1 saturated heterocycles. The predicted octanol–water partition coefficient (Wildman–Crippen LogP) is 1.70. The Morgan fingerprint density at radius 1 is 1.39 bits per heavy atom. The van der Waals surface area contributed by atoms with Crippen molar-refractivity contribution in [2.24, 2.45) is 5.41 Å². The van der Waals surface area contributed by atoms with Crippen molar-refractivity contribution >= 4 is 5.91 Å². The number of ether oxygens (including phenoxy) is 1. The van der Waals surface area contributed by atoms with E-state index in [2.05, 4.69) is 24.5 Å². The van der Waals surface area contributed by atoms with Crippen LogP contribution in [0.4, 0.5) is 0 Å². The largest absolute Gasteiger partial charge is 0.383 e. The van der Waals surface area contributed by atoms with Gasteiger partial charge in [0.1, 0.15) is 0 Å². The minimum Gasteiger partial charge on any atom is -0.383 e. The van der Waals surface area contributed by atoms with E-state index in [1.807, 2.05) is 0 Å². The van der Waals surface area contributed by atoms with E-state index in [1.165, 1.54) is 0 Å². The lowest BCUT2D eigenvalue weighted by atomic mass is 9.74. The number of carbonyl (C=O) groups excluding carboxylic acids is 1. The van der Waals surface area contributed by atoms with Gasteiger partial charge >= 0.3 is 0 Å². The van der Waals surface area contributed by atoms with Crippen molar-refractivity contribution in [3.8, 4) is 0 Å². The summed E-state index contributed by atoms with van der Waals surface area (Å²) in [6.07, 6.45) is 4.88. The molecule has 2 N–H and O–H groups in total. The van der Waals surface area contributed by atoms with Gasteiger partial charge in [-0.2, -0.15) is 0 Å². The Morgan fingerprint density at radius 3 is 2.56 bits per heavy atom. The van der Waals surface area contributed by atoms with E-state index >= 15 is 0 Å². The zero-order valence-electron chi connectivity index (χ0n) is 12.1. The Balaban J connectivity index is 2.63. The molecule has 0 saturated carbocycles. The number of amides is 1. The molecule has 0 bridgehead atoms. The summed E-state index contributed by atoms with van der Waals surface area (Å²) in [7, 11) is 1.68. The molecular formula is C14H28N2O2. The number of hydrogen-bond donors (Lipinski definition) is 2. The number of carbonyl (C=O) groups is 1. The maximum Gasteiger partial charge on any atom is 0.226 e. The van der Waals surface area contributed by atoms with Gasteiger partial charge in [0.05, 0.1) is 18.1 Å². The first-order valence-corrected chi connectivity index (χ1v) is 7.19. The van der Waals surface area contributed by atoms with E-state index in [0.29, 0.717) is 6.61 Å². The maximum atomic E-state index is 12.6. The third-order valence-electron chi connectivity index (χ3n) is 3.97. The highest BCUT2D eigenvalue weighted by Crippen LogP contribution is 2.34. The fraction of sp³-hybridized carbons (Fsp3) is 0.929. The van der Waals surface area contributed by atoms with Gasteiger partial charge in [-0.25, -0.2) is 0 Å². The van der Waals surface area contributed by atoms with E-state index < -0.39 is 0 Å². The van der Waals surface area contributed by atoms with E-state index in [1.54, 1.807) is 7.11 Å². The van der Waals surface area contributed by atoms with Crippen LogP contribution in [0.3, 0.4) is 0 Å². The lowest BCUT2D eigenvalue weighted by molar-refractivity contribution is -0.134. The van der Waals surface area contributed by atoms with Crippen LogP contribution in [0, 0.1) is 5.41 Å². The van der Waals surface area contributed by atoms with Gasteiger partial charge in [0.15, 0.2) is 0 Å². The normalized spacial score (nSPS) is 20.4. The lowest BCUT2D eigenvalue weighted by Crippen LogP contribution is -2.51. The molecule has 4 nitrogen and oxygen atoms in total. The first-order chi connectivity index (χ1) is 8.68. The van der Waals surface area contributed by atoms with Crippen LogP contribution < -0.4 is 10.6 Å². The summed E-state index contributed by atoms with van der Waals surface area (Å²) in [6, 6.07) is 0.145. The van der Waals surface area contributed by atoms with Crippen molar-refractivity contribution in [1.29, 1.82) is 0 Å². The van der Waals surface area contributed by atoms with Gasteiger partial charge in [-0.3, -0.25) is 4.79 Å². The first kappa shape index (κ1) is 15.4. The molecule has 4 heteroatoms. The molecule has 1 rings (SSSR count). The molecule has 106 valence electrons. The molecule has 0 aromatic carbocycles. The Kier molecular flexibility index (Phi) is 6.65. The second-order valence-electron chi connectivity index (χ2n) is 5.31. The van der Waals surface area contributed by atoms with Gasteiger partial charge in [-0.05, 0) is 38.8 Å². The Bertz CT molecular complexity index is 245. The summed E-state index contributed by atoms with van der Waals surface area (Å²) in [6.45, 7) is 6.74. The number of nitrogens with one attached hydrogen (secondary N) is 2. The van der Waals surface area contributed by atoms with Crippen LogP contribution in [0.1, 0.15) is 46.0 Å². The number of piperidine rings is 1. The molecular weight excluding hydrogens is 228 g/mol. The van der Waals surface area contributed by atoms with Gasteiger partial charge < -0.3 is 15.4 Å². The highest BCUT2D eigenvalue weighted by molar-refractivity contribution is 5.83. The molecule has 1 amide bonds. The fourth-order valence-corrected chi connectivity index (χ4v) is 2.78. The van der Waals surface area contributed by atoms with Crippen molar-refractivity contribution in [3.05, 3.63) is 0 Å². The van der Waals surface area contributed by atoms with E-state index in [0.717, 1.165) is 45.2 Å². The summed E-state index contributed by atoms with van der Waals surface area (Å²) in [5, 5.41) is 6.51. The van der Waals surface area contributed by atoms with E-state index in [9.17, 15) is 4.79 Å². The first-order valence-electron chi connectivity index (χ1n) is 7.19. The Morgan fingerprint density at radius 2 is 2.06 bits per heavy atom. The van der Waals surface area contributed by atoms with Crippen LogP contribution in [0.5, 0.6) is 0 Å². The molecule has 0 aromatic rings. The van der Waals surface area contributed by atoms with Crippen molar-refractivity contribution in [2.45, 2.75) is 52.0 Å². The Hall–Kier alpha value is -0.610. The van der Waals surface area contributed by atoms with Crippen LogP contribution >= 0.6 is 0 Å². The molecule has 1 fully saturated rings. The predicted molar refractivity (Wildman–Crippen MR) is 73.5 cm³/mol. The highest BCUT2D eigenvalue weighted by Gasteiger charge is 2.39. The molecule has 1 atom stereocenters. The van der Waals surface area contributed by atoms with Crippen molar-refractivity contribution in [3.63, 3.8) is 0 Å². The third-order valence-corrected chi connectivity index (χ3v) is 3.97. The molecule has 0 aliphatic carbocycles. The number of rotatable bonds is 7. The summed E-state index contributed by atoms with van der Waals surface area (Å²) in [4.78, 5) is 12.6. The quantitative estimate of drug-likeness (QED) is 0.729. The lowest BCUT2D eigenvalue weighted by Gasteiger charge is -2.37. The average Bonchev–Trinajstić information content (AvgIpc) is 2.39. The molecule has 1 heterocycles. The number of hydrogen-bond acceptors (Lipinski definition) is 3. The second kappa shape index (κ2) is 7.74. The minimum atomic E-state index is -0.152. The molecule has 0 radical (unpaired) electrons. The Labute approximate surface area is 111 Å². The summed E-state index contributed by atoms with van der Waals surface area (Å²) < 4.78 is 5.15. The van der Waals surface area contributed by atoms with Crippen molar-refractivity contribution in [2.75, 3.05) is 26.8 Å². The van der Waals surface area contributed by atoms with Crippen molar-refractivity contribution < 1.29 is 9.53 Å². The minimum absolute atomic E-state index is 0.145. The van der Waals surface area contributed by atoms with Crippen molar-refractivity contribution in [1.82, 2.24) is 10.6 Å². The topological polar surface area (TPSA) is 50.4 Å². The third kappa shape index (κ3) is 3.95.